The van der Waals surface area contributed by atoms with E-state index in [1.807, 2.05) is 66.9 Å². The zero-order chi connectivity index (χ0) is 22.0. The number of H-pyrrole nitrogens is 1. The minimum absolute atomic E-state index is 0.0646. The molecular weight excluding hydrogens is 432 g/mol. The predicted octanol–water partition coefficient (Wildman–Crippen LogP) is 5.47. The fourth-order valence-corrected chi connectivity index (χ4v) is 4.30. The molecule has 2 aromatic heterocycles. The van der Waals surface area contributed by atoms with Crippen LogP contribution in [0.5, 0.6) is 0 Å². The maximum absolute atomic E-state index is 10.8. The second-order valence-corrected chi connectivity index (χ2v) is 8.54. The summed E-state index contributed by atoms with van der Waals surface area (Å²) in [6.07, 6.45) is 0. The lowest BCUT2D eigenvalue weighted by Crippen LogP contribution is -2.08. The number of para-hydroxylation sites is 2. The molecule has 0 bridgehead atoms. The molecule has 0 spiro atoms. The number of hydrogen-bond acceptors (Lipinski definition) is 6. The fourth-order valence-electron chi connectivity index (χ4n) is 3.19. The molecular formula is C22H19ClN6OS. The molecule has 31 heavy (non-hydrogen) atoms. The number of thioether (sulfide) groups is 1. The molecule has 9 heteroatoms. The normalized spacial score (nSPS) is 13.1. The number of imidazole rings is 1. The first-order valence-corrected chi connectivity index (χ1v) is 10.9. The van der Waals surface area contributed by atoms with Gasteiger partial charge >= 0.3 is 0 Å². The number of benzene rings is 2. The monoisotopic (exact) mass is 450 g/mol. The van der Waals surface area contributed by atoms with E-state index in [1.54, 1.807) is 0 Å². The molecule has 1 atom stereocenters. The third-order valence-electron chi connectivity index (χ3n) is 4.80. The van der Waals surface area contributed by atoms with Crippen LogP contribution in [0.2, 0.25) is 5.02 Å². The molecule has 7 nitrogen and oxygen atoms in total. The maximum atomic E-state index is 10.8. The van der Waals surface area contributed by atoms with Crippen LogP contribution < -0.4 is 0 Å². The highest BCUT2D eigenvalue weighted by Crippen LogP contribution is 2.32. The summed E-state index contributed by atoms with van der Waals surface area (Å²) < 4.78 is 1.96. The van der Waals surface area contributed by atoms with Crippen molar-refractivity contribution >= 4 is 40.0 Å². The molecule has 0 amide bonds. The largest absolute Gasteiger partial charge is 0.510 e. The van der Waals surface area contributed by atoms with Crippen molar-refractivity contribution < 1.29 is 5.11 Å². The summed E-state index contributed by atoms with van der Waals surface area (Å²) in [6.45, 7) is 4.47. The SMILES string of the molecule is CCn1c(SC(C)/C(O)=C(\C#N)c2nc3ccccc3[nH]2)nnc1-c1ccc(Cl)cc1. The van der Waals surface area contributed by atoms with Crippen molar-refractivity contribution in [3.63, 3.8) is 0 Å². The molecule has 0 aliphatic carbocycles. The number of nitrogens with zero attached hydrogens (tertiary/aromatic N) is 5. The Kier molecular flexibility index (Phi) is 5.98. The molecule has 0 saturated carbocycles. The standard InChI is InChI=1S/C22H19ClN6OS/c1-3-29-21(14-8-10-15(23)11-9-14)27-28-22(29)31-13(2)19(30)16(12-24)20-25-17-6-4-5-7-18(17)26-20/h4-11,13,30H,3H2,1-2H3,(H,25,26)/b19-16-. The van der Waals surface area contributed by atoms with Gasteiger partial charge in [0.1, 0.15) is 17.4 Å². The predicted molar refractivity (Wildman–Crippen MR) is 123 cm³/mol. The van der Waals surface area contributed by atoms with E-state index in [0.717, 1.165) is 22.4 Å². The number of aromatic amines is 1. The number of nitriles is 1. The van der Waals surface area contributed by atoms with E-state index in [0.29, 0.717) is 22.5 Å². The number of hydrogen-bond donors (Lipinski definition) is 2. The Hall–Kier alpha value is -3.28. The van der Waals surface area contributed by atoms with Gasteiger partial charge in [-0.15, -0.1) is 10.2 Å². The Morgan fingerprint density at radius 3 is 2.65 bits per heavy atom. The van der Waals surface area contributed by atoms with Crippen LogP contribution in [0, 0.1) is 11.3 Å². The van der Waals surface area contributed by atoms with E-state index < -0.39 is 5.25 Å². The third-order valence-corrected chi connectivity index (χ3v) is 6.14. The Bertz CT molecular complexity index is 1270. The molecule has 0 saturated heterocycles. The Morgan fingerprint density at radius 1 is 1.23 bits per heavy atom. The number of allylic oxidation sites excluding steroid dienone is 1. The molecule has 4 rings (SSSR count). The molecule has 4 aromatic rings. The average Bonchev–Trinajstić information content (AvgIpc) is 3.38. The maximum Gasteiger partial charge on any atom is 0.192 e. The number of aliphatic hydroxyl groups is 1. The highest BCUT2D eigenvalue weighted by molar-refractivity contribution is 7.99. The number of fused-ring (bicyclic) bond motifs is 1. The fraction of sp³-hybridized carbons (Fsp3) is 0.182. The van der Waals surface area contributed by atoms with Gasteiger partial charge in [0.05, 0.1) is 16.3 Å². The van der Waals surface area contributed by atoms with Crippen molar-refractivity contribution in [3.8, 4) is 17.5 Å². The molecule has 2 heterocycles. The molecule has 0 radical (unpaired) electrons. The second-order valence-electron chi connectivity index (χ2n) is 6.79. The van der Waals surface area contributed by atoms with Crippen LogP contribution in [0.25, 0.3) is 28.0 Å². The lowest BCUT2D eigenvalue weighted by atomic mass is 10.2. The summed E-state index contributed by atoms with van der Waals surface area (Å²) in [5.74, 6) is 0.993. The van der Waals surface area contributed by atoms with Crippen molar-refractivity contribution in [2.45, 2.75) is 30.8 Å². The van der Waals surface area contributed by atoms with Crippen molar-refractivity contribution in [1.82, 2.24) is 24.7 Å². The first-order valence-electron chi connectivity index (χ1n) is 9.66. The summed E-state index contributed by atoms with van der Waals surface area (Å²) >= 11 is 7.32. The van der Waals surface area contributed by atoms with E-state index in [4.69, 9.17) is 11.6 Å². The molecule has 1 unspecified atom stereocenters. The van der Waals surface area contributed by atoms with Crippen LogP contribution in [0.3, 0.4) is 0 Å². The highest BCUT2D eigenvalue weighted by Gasteiger charge is 2.22. The van der Waals surface area contributed by atoms with Crippen molar-refractivity contribution in [2.75, 3.05) is 0 Å². The minimum Gasteiger partial charge on any atom is -0.510 e. The molecule has 0 aliphatic heterocycles. The molecule has 156 valence electrons. The highest BCUT2D eigenvalue weighted by atomic mass is 35.5. The lowest BCUT2D eigenvalue weighted by Gasteiger charge is -2.13. The molecule has 0 aliphatic rings. The van der Waals surface area contributed by atoms with E-state index in [-0.39, 0.29) is 11.3 Å². The topological polar surface area (TPSA) is 103 Å². The quantitative estimate of drug-likeness (QED) is 0.229. The van der Waals surface area contributed by atoms with Gasteiger partial charge in [-0.3, -0.25) is 0 Å². The average molecular weight is 451 g/mol. The van der Waals surface area contributed by atoms with Gasteiger partial charge in [-0.1, -0.05) is 35.5 Å². The molecule has 0 fully saturated rings. The second kappa shape index (κ2) is 8.84. The summed E-state index contributed by atoms with van der Waals surface area (Å²) in [5, 5.41) is 30.0. The van der Waals surface area contributed by atoms with E-state index >= 15 is 0 Å². The van der Waals surface area contributed by atoms with Gasteiger partial charge < -0.3 is 14.7 Å². The molecule has 2 aromatic carbocycles. The third kappa shape index (κ3) is 4.15. The van der Waals surface area contributed by atoms with Gasteiger partial charge in [-0.25, -0.2) is 4.98 Å². The van der Waals surface area contributed by atoms with E-state index in [1.165, 1.54) is 11.8 Å². The zero-order valence-corrected chi connectivity index (χ0v) is 18.4. The summed E-state index contributed by atoms with van der Waals surface area (Å²) in [4.78, 5) is 7.52. The van der Waals surface area contributed by atoms with Crippen LogP contribution >= 0.6 is 23.4 Å². The Balaban J connectivity index is 1.64. The van der Waals surface area contributed by atoms with E-state index in [9.17, 15) is 10.4 Å². The van der Waals surface area contributed by atoms with Crippen LogP contribution in [0.1, 0.15) is 19.7 Å². The van der Waals surface area contributed by atoms with Crippen LogP contribution in [-0.4, -0.2) is 35.1 Å². The van der Waals surface area contributed by atoms with Crippen molar-refractivity contribution in [3.05, 3.63) is 65.1 Å². The molecule has 2 N–H and O–H groups in total. The van der Waals surface area contributed by atoms with Gasteiger partial charge in [0, 0.05) is 17.1 Å². The van der Waals surface area contributed by atoms with Gasteiger partial charge in [0.25, 0.3) is 0 Å². The van der Waals surface area contributed by atoms with Crippen molar-refractivity contribution in [1.29, 1.82) is 5.26 Å². The van der Waals surface area contributed by atoms with Gasteiger partial charge in [-0.05, 0) is 50.2 Å². The van der Waals surface area contributed by atoms with Crippen LogP contribution in [0.4, 0.5) is 0 Å². The number of aromatic nitrogens is 5. The number of aliphatic hydroxyl groups excluding tert-OH is 1. The summed E-state index contributed by atoms with van der Waals surface area (Å²) in [5.41, 5.74) is 2.54. The van der Waals surface area contributed by atoms with E-state index in [2.05, 4.69) is 26.2 Å². The smallest absolute Gasteiger partial charge is 0.192 e. The number of rotatable bonds is 6. The Labute approximate surface area is 188 Å². The van der Waals surface area contributed by atoms with Gasteiger partial charge in [0.15, 0.2) is 16.8 Å². The minimum atomic E-state index is -0.435. The first-order chi connectivity index (χ1) is 15.0. The summed E-state index contributed by atoms with van der Waals surface area (Å²) in [6, 6.07) is 17.0. The van der Waals surface area contributed by atoms with Crippen LogP contribution in [-0.2, 0) is 6.54 Å². The van der Waals surface area contributed by atoms with Gasteiger partial charge in [-0.2, -0.15) is 5.26 Å². The Morgan fingerprint density at radius 2 is 1.97 bits per heavy atom. The summed E-state index contributed by atoms with van der Waals surface area (Å²) in [7, 11) is 0. The lowest BCUT2D eigenvalue weighted by molar-refractivity contribution is 0.401. The first kappa shape index (κ1) is 21.0. The number of halogens is 1. The zero-order valence-electron chi connectivity index (χ0n) is 16.9. The van der Waals surface area contributed by atoms with Crippen LogP contribution in [0.15, 0.2) is 59.4 Å². The number of nitrogens with one attached hydrogen (secondary N) is 1. The van der Waals surface area contributed by atoms with Crippen molar-refractivity contribution in [2.24, 2.45) is 0 Å². The van der Waals surface area contributed by atoms with Gasteiger partial charge in [0.2, 0.25) is 0 Å².